The molecule has 19 heavy (non-hydrogen) atoms. The number of nitrogens with two attached hydrogens (primary N) is 1. The summed E-state index contributed by atoms with van der Waals surface area (Å²) in [6, 6.07) is 0.323. The molecule has 0 heterocycles. The molecule has 116 valence electrons. The molecule has 0 aromatic rings. The Morgan fingerprint density at radius 3 is 1.26 bits per heavy atom. The molecule has 2 N–H and O–H groups in total. The molecule has 0 radical (unpaired) electrons. The van der Waals surface area contributed by atoms with E-state index in [1.165, 1.54) is 0 Å². The highest BCUT2D eigenvalue weighted by Crippen LogP contribution is 2.07. The van der Waals surface area contributed by atoms with Crippen molar-refractivity contribution in [3.8, 4) is 0 Å². The van der Waals surface area contributed by atoms with Gasteiger partial charge in [0.15, 0.2) is 0 Å². The Labute approximate surface area is 120 Å². The summed E-state index contributed by atoms with van der Waals surface area (Å²) in [5, 5.41) is 8.10. The summed E-state index contributed by atoms with van der Waals surface area (Å²) in [7, 11) is 0. The Hall–Kier alpha value is -0.770. The molecule has 0 saturated carbocycles. The first-order valence-corrected chi connectivity index (χ1v) is 6.85. The average Bonchev–Trinajstić information content (AvgIpc) is 2.12. The first-order chi connectivity index (χ1) is 8.19. The molecule has 0 atom stereocenters. The van der Waals surface area contributed by atoms with Crippen LogP contribution in [0.3, 0.4) is 0 Å². The van der Waals surface area contributed by atoms with E-state index in [9.17, 15) is 4.79 Å². The molecule has 0 aromatic carbocycles. The van der Waals surface area contributed by atoms with Crippen molar-refractivity contribution in [1.29, 1.82) is 0 Å². The molecular weight excluding hydrogens is 238 g/mol. The van der Waals surface area contributed by atoms with E-state index in [1.54, 1.807) is 0 Å². The molecule has 4 nitrogen and oxygen atoms in total. The van der Waals surface area contributed by atoms with Gasteiger partial charge in [0.05, 0.1) is 11.6 Å². The minimum atomic E-state index is -0.00965. The first kappa shape index (κ1) is 23.3. The molecule has 4 heteroatoms. The van der Waals surface area contributed by atoms with E-state index in [0.29, 0.717) is 6.04 Å². The van der Waals surface area contributed by atoms with E-state index in [-0.39, 0.29) is 17.0 Å². The van der Waals surface area contributed by atoms with E-state index in [2.05, 4.69) is 10.2 Å². The van der Waals surface area contributed by atoms with Gasteiger partial charge in [0.25, 0.3) is 0 Å². The highest BCUT2D eigenvalue weighted by molar-refractivity contribution is 5.51. The molecule has 0 unspecified atom stereocenters. The van der Waals surface area contributed by atoms with E-state index >= 15 is 0 Å². The van der Waals surface area contributed by atoms with Crippen molar-refractivity contribution < 1.29 is 4.79 Å². The van der Waals surface area contributed by atoms with Crippen molar-refractivity contribution in [2.75, 3.05) is 0 Å². The van der Waals surface area contributed by atoms with Crippen LogP contribution in [0.15, 0.2) is 10.2 Å². The maximum atomic E-state index is 9.50. The number of carbonyl (C=O) groups is 1. The second-order valence-electron chi connectivity index (χ2n) is 7.23. The number of aldehydes is 1. The molecule has 0 spiro atoms. The normalized spacial score (nSPS) is 11.8. The van der Waals surface area contributed by atoms with Gasteiger partial charge in [-0.05, 0) is 55.4 Å². The van der Waals surface area contributed by atoms with Crippen LogP contribution in [0.4, 0.5) is 0 Å². The number of carbonyl (C=O) groups excluding carboxylic acids is 1. The molecule has 0 aromatic heterocycles. The number of hydrogen-bond donors (Lipinski definition) is 1. The van der Waals surface area contributed by atoms with Crippen LogP contribution in [0.1, 0.15) is 69.2 Å². The maximum absolute atomic E-state index is 9.50. The molecule has 0 aliphatic carbocycles. The summed E-state index contributed by atoms with van der Waals surface area (Å²) in [5.74, 6) is 0.204. The van der Waals surface area contributed by atoms with Crippen LogP contribution in [0.25, 0.3) is 0 Å². The predicted octanol–water partition coefficient (Wildman–Crippen LogP) is 4.23. The molecule has 0 aliphatic heterocycles. The smallest absolute Gasteiger partial charge is 0.122 e. The minimum Gasteiger partial charge on any atom is -0.326 e. The second kappa shape index (κ2) is 11.1. The third kappa shape index (κ3) is 76.5. The summed E-state index contributed by atoms with van der Waals surface area (Å²) < 4.78 is 0. The minimum absolute atomic E-state index is 0. The van der Waals surface area contributed by atoms with Crippen LogP contribution >= 0.6 is 0 Å². The van der Waals surface area contributed by atoms with Crippen molar-refractivity contribution in [3.63, 3.8) is 0 Å². The van der Waals surface area contributed by atoms with Crippen molar-refractivity contribution in [2.24, 2.45) is 21.9 Å². The van der Waals surface area contributed by atoms with Gasteiger partial charge in [-0.1, -0.05) is 13.8 Å². The lowest BCUT2D eigenvalue weighted by atomic mass is 10.1. The Morgan fingerprint density at radius 1 is 0.947 bits per heavy atom. The Bertz CT molecular complexity index is 227. The molecular formula is C15H35N3O. The van der Waals surface area contributed by atoms with E-state index in [4.69, 9.17) is 5.73 Å². The Kier molecular flexibility index (Phi) is 13.6. The van der Waals surface area contributed by atoms with Gasteiger partial charge in [-0.15, -0.1) is 0 Å². The fourth-order valence-corrected chi connectivity index (χ4v) is 0.289. The highest BCUT2D eigenvalue weighted by Gasteiger charge is 2.05. The van der Waals surface area contributed by atoms with Crippen LogP contribution < -0.4 is 5.73 Å². The number of nitrogens with zero attached hydrogens (tertiary/aromatic N) is 2. The standard InChI is InChI=1S/C7H16N2.C4H11N.C4H8O/c1-6(2)8-9-7(3,4)5;1-4(2,3)5;1-4(2)3-5/h6H,1-5H3;5H2,1-3H3;3-4H,1-2H3. The maximum Gasteiger partial charge on any atom is 0.122 e. The predicted molar refractivity (Wildman–Crippen MR) is 84.6 cm³/mol. The zero-order valence-corrected chi connectivity index (χ0v) is 14.6. The molecule has 0 bridgehead atoms. The van der Waals surface area contributed by atoms with Crippen molar-refractivity contribution in [3.05, 3.63) is 0 Å². The average molecular weight is 273 g/mol. The van der Waals surface area contributed by atoms with Gasteiger partial charge in [0.1, 0.15) is 6.29 Å². The lowest BCUT2D eigenvalue weighted by molar-refractivity contribution is -0.110. The van der Waals surface area contributed by atoms with Gasteiger partial charge in [-0.2, -0.15) is 10.2 Å². The number of rotatable bonds is 2. The van der Waals surface area contributed by atoms with Crippen molar-refractivity contribution in [1.82, 2.24) is 0 Å². The third-order valence-corrected chi connectivity index (χ3v) is 0.861. The largest absolute Gasteiger partial charge is 0.326 e. The topological polar surface area (TPSA) is 67.8 Å². The lowest BCUT2D eigenvalue weighted by Crippen LogP contribution is -2.26. The zero-order valence-electron chi connectivity index (χ0n) is 14.6. The van der Waals surface area contributed by atoms with Crippen LogP contribution in [-0.4, -0.2) is 23.4 Å². The fraction of sp³-hybridized carbons (Fsp3) is 0.933. The Balaban J connectivity index is -0.000000219. The Morgan fingerprint density at radius 2 is 1.21 bits per heavy atom. The zero-order chi connectivity index (χ0) is 16.3. The molecule has 0 aliphatic rings. The van der Waals surface area contributed by atoms with Crippen molar-refractivity contribution >= 4 is 6.29 Å². The molecule has 0 fully saturated rings. The van der Waals surface area contributed by atoms with Gasteiger partial charge in [-0.25, -0.2) is 0 Å². The van der Waals surface area contributed by atoms with Crippen LogP contribution in [0.2, 0.25) is 0 Å². The van der Waals surface area contributed by atoms with Gasteiger partial charge in [0.2, 0.25) is 0 Å². The monoisotopic (exact) mass is 273 g/mol. The summed E-state index contributed by atoms with van der Waals surface area (Å²) in [5.41, 5.74) is 5.34. The quantitative estimate of drug-likeness (QED) is 0.604. The van der Waals surface area contributed by atoms with Gasteiger partial charge in [-0.3, -0.25) is 0 Å². The van der Waals surface area contributed by atoms with E-state index in [0.717, 1.165) is 6.29 Å². The molecule has 0 rings (SSSR count). The summed E-state index contributed by atoms with van der Waals surface area (Å²) >= 11 is 0. The molecule has 0 saturated heterocycles. The summed E-state index contributed by atoms with van der Waals surface area (Å²) in [6.45, 7) is 19.8. The van der Waals surface area contributed by atoms with E-state index in [1.807, 2.05) is 69.2 Å². The van der Waals surface area contributed by atoms with Crippen LogP contribution in [0, 0.1) is 5.92 Å². The van der Waals surface area contributed by atoms with E-state index < -0.39 is 0 Å². The van der Waals surface area contributed by atoms with Crippen molar-refractivity contribution in [2.45, 2.75) is 86.4 Å². The fourth-order valence-electron chi connectivity index (χ4n) is 0.289. The lowest BCUT2D eigenvalue weighted by Gasteiger charge is -2.09. The van der Waals surface area contributed by atoms with Gasteiger partial charge >= 0.3 is 0 Å². The second-order valence-corrected chi connectivity index (χ2v) is 7.23. The van der Waals surface area contributed by atoms with Gasteiger partial charge in [0, 0.05) is 11.5 Å². The van der Waals surface area contributed by atoms with Crippen LogP contribution in [-0.2, 0) is 4.79 Å². The highest BCUT2D eigenvalue weighted by atomic mass is 16.1. The first-order valence-electron chi connectivity index (χ1n) is 6.85. The SMILES string of the molecule is CC(C)(C)N.CC(C)C=O.CC(C)N=NC(C)(C)C. The number of hydrogen-bond acceptors (Lipinski definition) is 4. The third-order valence-electron chi connectivity index (χ3n) is 0.861. The molecule has 0 amide bonds. The van der Waals surface area contributed by atoms with Gasteiger partial charge < -0.3 is 10.5 Å². The van der Waals surface area contributed by atoms with Crippen LogP contribution in [0.5, 0.6) is 0 Å². The number of azo groups is 1. The summed E-state index contributed by atoms with van der Waals surface area (Å²) in [6.07, 6.45) is 0.917. The summed E-state index contributed by atoms with van der Waals surface area (Å²) in [4.78, 5) is 9.50.